The Morgan fingerprint density at radius 2 is 2.04 bits per heavy atom. The summed E-state index contributed by atoms with van der Waals surface area (Å²) in [6.45, 7) is 3.79. The Hall–Kier alpha value is -3.29. The smallest absolute Gasteiger partial charge is 0.256 e. The summed E-state index contributed by atoms with van der Waals surface area (Å²) in [5.74, 6) is 0.323. The van der Waals surface area contributed by atoms with Gasteiger partial charge in [-0.15, -0.1) is 0 Å². The van der Waals surface area contributed by atoms with E-state index in [1.807, 2.05) is 30.0 Å². The highest BCUT2D eigenvalue weighted by Crippen LogP contribution is 2.21. The highest BCUT2D eigenvalue weighted by molar-refractivity contribution is 5.98. The molecule has 0 aliphatic carbocycles. The van der Waals surface area contributed by atoms with E-state index in [1.165, 1.54) is 18.6 Å². The largest absolute Gasteiger partial charge is 0.350 e. The third kappa shape index (κ3) is 3.38. The predicted octanol–water partition coefficient (Wildman–Crippen LogP) is 2.15. The van der Waals surface area contributed by atoms with Gasteiger partial charge in [-0.3, -0.25) is 4.79 Å². The van der Waals surface area contributed by atoms with E-state index < -0.39 is 0 Å². The molecule has 3 heterocycles. The van der Waals surface area contributed by atoms with E-state index >= 15 is 0 Å². The Kier molecular flexibility index (Phi) is 4.53. The minimum absolute atomic E-state index is 0.0420. The number of pyridine rings is 1. The van der Waals surface area contributed by atoms with Crippen LogP contribution < -0.4 is 4.90 Å². The molecule has 1 saturated heterocycles. The molecule has 0 radical (unpaired) electrons. The summed E-state index contributed by atoms with van der Waals surface area (Å²) in [6, 6.07) is 10.5. The third-order valence-electron chi connectivity index (χ3n) is 4.72. The second kappa shape index (κ2) is 7.14. The number of para-hydroxylation sites is 1. The second-order valence-electron chi connectivity index (χ2n) is 6.49. The monoisotopic (exact) mass is 366 g/mol. The van der Waals surface area contributed by atoms with Crippen molar-refractivity contribution in [2.24, 2.45) is 0 Å². The summed E-state index contributed by atoms with van der Waals surface area (Å²) in [4.78, 5) is 25.2. The molecule has 1 aliphatic rings. The lowest BCUT2D eigenvalue weighted by molar-refractivity contribution is 0.0726. The van der Waals surface area contributed by atoms with Crippen LogP contribution in [0.3, 0.4) is 0 Å². The van der Waals surface area contributed by atoms with Crippen molar-refractivity contribution in [2.75, 3.05) is 24.5 Å². The molecule has 1 amide bonds. The number of hydrogen-bond donors (Lipinski definition) is 0. The van der Waals surface area contributed by atoms with Crippen LogP contribution in [0.5, 0.6) is 0 Å². The van der Waals surface area contributed by atoms with Crippen molar-refractivity contribution in [3.05, 3.63) is 66.6 Å². The topological polar surface area (TPSA) is 67.2 Å². The van der Waals surface area contributed by atoms with Crippen molar-refractivity contribution >= 4 is 11.7 Å². The molecule has 1 atom stereocenters. The van der Waals surface area contributed by atoms with Crippen LogP contribution >= 0.6 is 0 Å². The third-order valence-corrected chi connectivity index (χ3v) is 4.72. The van der Waals surface area contributed by atoms with Crippen molar-refractivity contribution in [1.82, 2.24) is 24.6 Å². The molecule has 0 N–H and O–H groups in total. The van der Waals surface area contributed by atoms with Gasteiger partial charge in [0.15, 0.2) is 0 Å². The lowest BCUT2D eigenvalue weighted by atomic mass is 10.1. The summed E-state index contributed by atoms with van der Waals surface area (Å²) in [5, 5.41) is 4.14. The van der Waals surface area contributed by atoms with E-state index in [2.05, 4.69) is 20.0 Å². The van der Waals surface area contributed by atoms with Crippen LogP contribution in [0.2, 0.25) is 0 Å². The van der Waals surface area contributed by atoms with Gasteiger partial charge in [0, 0.05) is 25.7 Å². The average molecular weight is 366 g/mol. The fourth-order valence-corrected chi connectivity index (χ4v) is 3.38. The molecule has 0 spiro atoms. The summed E-state index contributed by atoms with van der Waals surface area (Å²) in [5.41, 5.74) is 1.29. The number of carbonyl (C=O) groups excluding carboxylic acids is 1. The van der Waals surface area contributed by atoms with Gasteiger partial charge >= 0.3 is 0 Å². The number of amides is 1. The van der Waals surface area contributed by atoms with Crippen LogP contribution in [0.15, 0.2) is 55.2 Å². The number of hydrogen-bond acceptors (Lipinski definition) is 5. The van der Waals surface area contributed by atoms with Crippen molar-refractivity contribution in [1.29, 1.82) is 0 Å². The molecule has 8 heteroatoms. The maximum Gasteiger partial charge on any atom is 0.256 e. The Bertz CT molecular complexity index is 928. The van der Waals surface area contributed by atoms with Gasteiger partial charge in [0.2, 0.25) is 0 Å². The molecular weight excluding hydrogens is 347 g/mol. The van der Waals surface area contributed by atoms with Crippen LogP contribution in [0.1, 0.15) is 17.3 Å². The number of aromatic nitrogens is 4. The van der Waals surface area contributed by atoms with Crippen molar-refractivity contribution in [3.8, 4) is 5.69 Å². The Morgan fingerprint density at radius 3 is 2.74 bits per heavy atom. The minimum Gasteiger partial charge on any atom is -0.350 e. The van der Waals surface area contributed by atoms with Gasteiger partial charge in [-0.25, -0.2) is 19.0 Å². The van der Waals surface area contributed by atoms with Crippen molar-refractivity contribution in [2.45, 2.75) is 13.0 Å². The zero-order valence-corrected chi connectivity index (χ0v) is 14.9. The van der Waals surface area contributed by atoms with Gasteiger partial charge < -0.3 is 9.80 Å². The molecule has 1 fully saturated rings. The van der Waals surface area contributed by atoms with Crippen LogP contribution in [-0.4, -0.2) is 56.2 Å². The average Bonchev–Trinajstić information content (AvgIpc) is 3.23. The fraction of sp³-hybridized carbons (Fsp3) is 0.263. The quantitative estimate of drug-likeness (QED) is 0.711. The summed E-state index contributed by atoms with van der Waals surface area (Å²) >= 11 is 0. The molecule has 0 saturated carbocycles. The van der Waals surface area contributed by atoms with Crippen molar-refractivity contribution in [3.63, 3.8) is 0 Å². The maximum absolute atomic E-state index is 13.1. The first-order valence-electron chi connectivity index (χ1n) is 8.75. The van der Waals surface area contributed by atoms with E-state index in [4.69, 9.17) is 0 Å². The van der Waals surface area contributed by atoms with Gasteiger partial charge in [0.25, 0.3) is 5.91 Å². The Morgan fingerprint density at radius 1 is 1.19 bits per heavy atom. The van der Waals surface area contributed by atoms with Crippen LogP contribution in [-0.2, 0) is 0 Å². The van der Waals surface area contributed by atoms with Gasteiger partial charge in [0.1, 0.15) is 24.3 Å². The number of benzene rings is 1. The molecule has 1 aliphatic heterocycles. The zero-order chi connectivity index (χ0) is 18.8. The van der Waals surface area contributed by atoms with Gasteiger partial charge in [-0.2, -0.15) is 5.10 Å². The number of nitrogens with zero attached hydrogens (tertiary/aromatic N) is 6. The lowest BCUT2D eigenvalue weighted by Gasteiger charge is -2.40. The summed E-state index contributed by atoms with van der Waals surface area (Å²) < 4.78 is 14.7. The predicted molar refractivity (Wildman–Crippen MR) is 98.3 cm³/mol. The van der Waals surface area contributed by atoms with Gasteiger partial charge in [-0.1, -0.05) is 12.1 Å². The van der Waals surface area contributed by atoms with E-state index in [9.17, 15) is 9.18 Å². The zero-order valence-electron chi connectivity index (χ0n) is 14.9. The van der Waals surface area contributed by atoms with E-state index in [-0.39, 0.29) is 17.8 Å². The number of carbonyl (C=O) groups is 1. The van der Waals surface area contributed by atoms with Crippen LogP contribution in [0.4, 0.5) is 10.2 Å². The molecule has 1 unspecified atom stereocenters. The minimum atomic E-state index is -0.357. The molecule has 0 bridgehead atoms. The molecule has 2 aromatic heterocycles. The number of halogens is 1. The first-order valence-corrected chi connectivity index (χ1v) is 8.75. The first-order chi connectivity index (χ1) is 13.1. The molecule has 7 nitrogen and oxygen atoms in total. The standard InChI is InChI=1S/C19H19FN6O/c1-14-11-24(8-9-25(14)18-7-6-15(20)10-22-18)19(27)16-4-2-3-5-17(16)26-13-21-12-23-26/h2-7,10,12-14H,8-9,11H2,1H3. The second-order valence-corrected chi connectivity index (χ2v) is 6.49. The number of piperazine rings is 1. The SMILES string of the molecule is CC1CN(C(=O)c2ccccc2-n2cncn2)CCN1c1ccc(F)cn1. The van der Waals surface area contributed by atoms with E-state index in [1.54, 1.807) is 23.1 Å². The van der Waals surface area contributed by atoms with Crippen molar-refractivity contribution < 1.29 is 9.18 Å². The number of rotatable bonds is 3. The normalized spacial score (nSPS) is 17.2. The molecule has 1 aromatic carbocycles. The van der Waals surface area contributed by atoms with Crippen LogP contribution in [0.25, 0.3) is 5.69 Å². The van der Waals surface area contributed by atoms with E-state index in [0.717, 1.165) is 5.82 Å². The molecule has 3 aromatic rings. The Labute approximate surface area is 156 Å². The van der Waals surface area contributed by atoms with Crippen LogP contribution in [0, 0.1) is 5.82 Å². The molecule has 4 rings (SSSR count). The number of anilines is 1. The molecular formula is C19H19FN6O. The highest BCUT2D eigenvalue weighted by Gasteiger charge is 2.29. The Balaban J connectivity index is 1.53. The lowest BCUT2D eigenvalue weighted by Crippen LogP contribution is -2.54. The molecule has 27 heavy (non-hydrogen) atoms. The van der Waals surface area contributed by atoms with Gasteiger partial charge in [0.05, 0.1) is 17.4 Å². The summed E-state index contributed by atoms with van der Waals surface area (Å²) in [7, 11) is 0. The van der Waals surface area contributed by atoms with Gasteiger partial charge in [-0.05, 0) is 31.2 Å². The highest BCUT2D eigenvalue weighted by atomic mass is 19.1. The van der Waals surface area contributed by atoms with E-state index in [0.29, 0.717) is 30.9 Å². The first kappa shape index (κ1) is 17.1. The maximum atomic E-state index is 13.1. The summed E-state index contributed by atoms with van der Waals surface area (Å²) in [6.07, 6.45) is 4.23. The molecule has 138 valence electrons. The fourth-order valence-electron chi connectivity index (χ4n) is 3.38.